The van der Waals surface area contributed by atoms with Crippen LogP contribution in [0.1, 0.15) is 55.7 Å². The van der Waals surface area contributed by atoms with Gasteiger partial charge in [-0.25, -0.2) is 0 Å². The van der Waals surface area contributed by atoms with Crippen LogP contribution in [0.5, 0.6) is 0 Å². The number of benzene rings is 4. The Morgan fingerprint density at radius 3 is 2.11 bits per heavy atom. The van der Waals surface area contributed by atoms with Gasteiger partial charge in [0.25, 0.3) is 5.01 Å². The molecule has 8 rings (SSSR count). The van der Waals surface area contributed by atoms with Crippen molar-refractivity contribution < 1.29 is 18.1 Å². The van der Waals surface area contributed by atoms with E-state index in [2.05, 4.69) is 221 Å². The number of thioether (sulfide) groups is 1. The summed E-state index contributed by atoms with van der Waals surface area (Å²) >= 11 is 3.75. The fourth-order valence-electron chi connectivity index (χ4n) is 9.58. The van der Waals surface area contributed by atoms with Gasteiger partial charge in [0.05, 0.1) is 63.9 Å². The Balaban J connectivity index is 0.800. The predicted octanol–water partition coefficient (Wildman–Crippen LogP) is 11.5. The minimum atomic E-state index is -0.0114. The SMILES string of the molecule is CN1/C(=C/c2cc[n+](CC[N+](C)(C)CCC[N+](C)(C)CCCCC[n+]3c(/C=C/C=C/C=C4/N(C)c5ccccc5C4(C)C)sc4ccccc43)c3ccccc23)Sc2ccccc21. The smallest absolute Gasteiger partial charge is 0.262 e. The number of unbranched alkanes of at least 4 members (excludes halogenated alkanes) is 2. The number of rotatable bonds is 17. The molecule has 4 heterocycles. The Labute approximate surface area is 385 Å². The molecule has 2 aromatic heterocycles. The van der Waals surface area contributed by atoms with Crippen molar-refractivity contribution in [2.45, 2.75) is 62.9 Å². The molecule has 6 nitrogen and oxygen atoms in total. The largest absolute Gasteiger partial charge is 0.347 e. The second kappa shape index (κ2) is 19.0. The van der Waals surface area contributed by atoms with Gasteiger partial charge in [-0.1, -0.05) is 110 Å². The van der Waals surface area contributed by atoms with Crippen molar-refractivity contribution in [3.8, 4) is 0 Å². The van der Waals surface area contributed by atoms with E-state index < -0.39 is 0 Å². The summed E-state index contributed by atoms with van der Waals surface area (Å²) in [5.74, 6) is 0. The van der Waals surface area contributed by atoms with Crippen LogP contribution < -0.4 is 18.9 Å². The van der Waals surface area contributed by atoms with Gasteiger partial charge >= 0.3 is 0 Å². The molecule has 6 aromatic rings. The van der Waals surface area contributed by atoms with E-state index in [0.29, 0.717) is 0 Å². The number of likely N-dealkylation sites (N-methyl/N-ethyl adjacent to an activating group) is 2. The van der Waals surface area contributed by atoms with Crippen molar-refractivity contribution in [1.82, 2.24) is 0 Å². The lowest BCUT2D eigenvalue weighted by atomic mass is 9.84. The van der Waals surface area contributed by atoms with E-state index in [-0.39, 0.29) is 5.41 Å². The highest BCUT2D eigenvalue weighted by Crippen LogP contribution is 2.47. The van der Waals surface area contributed by atoms with Gasteiger partial charge in [0, 0.05) is 72.9 Å². The van der Waals surface area contributed by atoms with E-state index in [1.54, 1.807) is 0 Å². The number of hydrogen-bond donors (Lipinski definition) is 0. The average molecular weight is 877 g/mol. The van der Waals surface area contributed by atoms with Crippen molar-refractivity contribution in [3.63, 3.8) is 0 Å². The molecule has 0 N–H and O–H groups in total. The number of nitrogens with zero attached hydrogens (tertiary/aromatic N) is 6. The zero-order chi connectivity index (χ0) is 44.2. The summed E-state index contributed by atoms with van der Waals surface area (Å²) in [4.78, 5) is 5.97. The second-order valence-electron chi connectivity index (χ2n) is 19.3. The third kappa shape index (κ3) is 10.1. The van der Waals surface area contributed by atoms with Crippen molar-refractivity contribution >= 4 is 67.7 Å². The molecule has 0 aliphatic carbocycles. The van der Waals surface area contributed by atoms with Crippen LogP contribution in [0, 0.1) is 0 Å². The van der Waals surface area contributed by atoms with Gasteiger partial charge in [-0.15, -0.1) is 0 Å². The summed E-state index contributed by atoms with van der Waals surface area (Å²) < 4.78 is 8.45. The minimum Gasteiger partial charge on any atom is -0.347 e. The van der Waals surface area contributed by atoms with Crippen molar-refractivity contribution in [1.29, 1.82) is 0 Å². The number of para-hydroxylation sites is 4. The van der Waals surface area contributed by atoms with Gasteiger partial charge in [-0.3, -0.25) is 0 Å². The van der Waals surface area contributed by atoms with E-state index >= 15 is 0 Å². The van der Waals surface area contributed by atoms with Gasteiger partial charge in [0.1, 0.15) is 11.2 Å². The number of aromatic nitrogens is 2. The van der Waals surface area contributed by atoms with Crippen molar-refractivity contribution in [2.75, 3.05) is 78.3 Å². The normalized spacial score (nSPS) is 16.5. The molecule has 0 saturated heterocycles. The zero-order valence-electron chi connectivity index (χ0n) is 38.9. The Hall–Kier alpha value is -4.99. The maximum Gasteiger partial charge on any atom is 0.262 e. The van der Waals surface area contributed by atoms with Crippen LogP contribution in [0.3, 0.4) is 0 Å². The monoisotopic (exact) mass is 876 g/mol. The van der Waals surface area contributed by atoms with E-state index in [4.69, 9.17) is 0 Å². The molecule has 2 aliphatic heterocycles. The molecule has 63 heavy (non-hydrogen) atoms. The third-order valence-electron chi connectivity index (χ3n) is 13.4. The Morgan fingerprint density at radius 2 is 1.32 bits per heavy atom. The second-order valence-corrected chi connectivity index (χ2v) is 21.5. The van der Waals surface area contributed by atoms with Gasteiger partial charge in [0.15, 0.2) is 19.3 Å². The number of anilines is 2. The topological polar surface area (TPSA) is 14.2 Å². The predicted molar refractivity (Wildman–Crippen MR) is 271 cm³/mol. The number of quaternary nitrogens is 2. The highest BCUT2D eigenvalue weighted by molar-refractivity contribution is 8.03. The highest BCUT2D eigenvalue weighted by Gasteiger charge is 2.37. The molecule has 0 saturated carbocycles. The van der Waals surface area contributed by atoms with Crippen LogP contribution in [-0.2, 0) is 18.5 Å². The summed E-state index contributed by atoms with van der Waals surface area (Å²) in [6, 6.07) is 37.5. The van der Waals surface area contributed by atoms with E-state index in [0.717, 1.165) is 28.6 Å². The van der Waals surface area contributed by atoms with Crippen LogP contribution in [0.2, 0.25) is 0 Å². The summed E-state index contributed by atoms with van der Waals surface area (Å²) in [7, 11) is 14.0. The number of fused-ring (bicyclic) bond motifs is 4. The zero-order valence-corrected chi connectivity index (χ0v) is 40.6. The number of pyridine rings is 1. The summed E-state index contributed by atoms with van der Waals surface area (Å²) in [6.45, 7) is 11.4. The molecule has 0 unspecified atom stereocenters. The number of hydrogen-bond acceptors (Lipinski definition) is 4. The minimum absolute atomic E-state index is 0.0114. The van der Waals surface area contributed by atoms with Gasteiger partial charge in [-0.05, 0) is 66.5 Å². The maximum absolute atomic E-state index is 2.54. The Morgan fingerprint density at radius 1 is 0.635 bits per heavy atom. The average Bonchev–Trinajstić information content (AvgIpc) is 3.85. The first-order valence-electron chi connectivity index (χ1n) is 22.9. The van der Waals surface area contributed by atoms with Crippen molar-refractivity contribution in [2.24, 2.45) is 0 Å². The fraction of sp³-hybridized carbons (Fsp3) is 0.345. The highest BCUT2D eigenvalue weighted by atomic mass is 32.2. The van der Waals surface area contributed by atoms with E-state index in [9.17, 15) is 0 Å². The molecular weight excluding hydrogens is 809 g/mol. The molecule has 8 heteroatoms. The molecule has 326 valence electrons. The lowest BCUT2D eigenvalue weighted by Crippen LogP contribution is -2.50. The molecule has 0 amide bonds. The molecular formula is C55H68N6S2+4. The van der Waals surface area contributed by atoms with Crippen LogP contribution in [0.25, 0.3) is 33.3 Å². The number of aryl methyl sites for hydroxylation is 1. The van der Waals surface area contributed by atoms with Crippen molar-refractivity contribution in [3.05, 3.63) is 160 Å². The van der Waals surface area contributed by atoms with Crippen LogP contribution >= 0.6 is 23.1 Å². The quantitative estimate of drug-likeness (QED) is 0.0393. The molecule has 0 radical (unpaired) electrons. The third-order valence-corrected chi connectivity index (χ3v) is 15.7. The molecule has 0 spiro atoms. The van der Waals surface area contributed by atoms with Gasteiger partial charge < -0.3 is 18.8 Å². The Kier molecular flexibility index (Phi) is 13.5. The Bertz CT molecular complexity index is 2700. The fourth-order valence-corrected chi connectivity index (χ4v) is 11.8. The standard InChI is InChI=1S/C55H68N6S2/c1-55(2)45-25-14-16-27-47(45)56(3)52(55)32-11-9-12-33-53-59(49-29-18-20-31-51(49)62-53)35-21-10-22-38-60(5,6)39-23-40-61(7,8)41-37-58-36-34-43(44-24-13-15-26-46(44)58)42-54-57(4)48-28-17-19-30-50(48)63-54/h9,11-20,24-34,36,42H,10,21-23,35,37-41H2,1-8H3/q+4. The first kappa shape index (κ1) is 44.6. The van der Waals surface area contributed by atoms with Crippen LogP contribution in [0.4, 0.5) is 11.4 Å². The van der Waals surface area contributed by atoms with E-state index in [1.165, 1.54) is 110 Å². The molecule has 0 fully saturated rings. The summed E-state index contributed by atoms with van der Waals surface area (Å²) in [5, 5.41) is 3.89. The first-order chi connectivity index (χ1) is 30.3. The molecule has 2 aliphatic rings. The molecule has 4 aromatic carbocycles. The maximum atomic E-state index is 2.54. The van der Waals surface area contributed by atoms with Crippen LogP contribution in [0.15, 0.2) is 149 Å². The lowest BCUT2D eigenvalue weighted by molar-refractivity contribution is -0.919. The van der Waals surface area contributed by atoms with E-state index in [1.807, 2.05) is 23.1 Å². The number of thiazole rings is 1. The number of allylic oxidation sites excluding steroid dienone is 5. The molecule has 0 atom stereocenters. The van der Waals surface area contributed by atoms with Gasteiger partial charge in [0.2, 0.25) is 11.0 Å². The summed E-state index contributed by atoms with van der Waals surface area (Å²) in [6.07, 6.45) is 20.7. The van der Waals surface area contributed by atoms with Crippen LogP contribution in [-0.4, -0.2) is 77.4 Å². The summed E-state index contributed by atoms with van der Waals surface area (Å²) in [5.41, 5.74) is 9.20. The molecule has 0 bridgehead atoms. The van der Waals surface area contributed by atoms with Gasteiger partial charge in [-0.2, -0.15) is 9.13 Å². The first-order valence-corrected chi connectivity index (χ1v) is 24.5. The lowest BCUT2D eigenvalue weighted by Gasteiger charge is -2.33.